The van der Waals surface area contributed by atoms with Crippen molar-refractivity contribution in [2.75, 3.05) is 13.2 Å². The van der Waals surface area contributed by atoms with Crippen molar-refractivity contribution in [3.63, 3.8) is 0 Å². The molecule has 1 aliphatic rings. The molecule has 0 aromatic carbocycles. The van der Waals surface area contributed by atoms with Gasteiger partial charge in [-0.05, 0) is 31.1 Å². The highest BCUT2D eigenvalue weighted by atomic mass is 16.4. The molecule has 1 fully saturated rings. The van der Waals surface area contributed by atoms with Gasteiger partial charge in [0.2, 0.25) is 17.7 Å². The van der Waals surface area contributed by atoms with Gasteiger partial charge in [0.15, 0.2) is 0 Å². The van der Waals surface area contributed by atoms with Gasteiger partial charge in [-0.1, -0.05) is 34.1 Å². The minimum absolute atomic E-state index is 0.242. The van der Waals surface area contributed by atoms with Crippen LogP contribution >= 0.6 is 0 Å². The molecule has 6 N–H and O–H groups in total. The van der Waals surface area contributed by atoms with Crippen LogP contribution in [-0.2, 0) is 19.2 Å². The molecule has 0 saturated carbocycles. The largest absolute Gasteiger partial charge is 0.480 e. The number of amides is 3. The summed E-state index contributed by atoms with van der Waals surface area (Å²) in [6.45, 7) is 7.19. The molecule has 0 aromatic heterocycles. The van der Waals surface area contributed by atoms with Gasteiger partial charge in [-0.15, -0.1) is 0 Å². The van der Waals surface area contributed by atoms with E-state index in [0.29, 0.717) is 32.2 Å². The van der Waals surface area contributed by atoms with Crippen molar-refractivity contribution in [3.05, 3.63) is 0 Å². The Morgan fingerprint density at radius 3 is 2.30 bits per heavy atom. The number of nitrogens with one attached hydrogen (secondary N) is 2. The number of carbonyl (C=O) groups excluding carboxylic acids is 3. The van der Waals surface area contributed by atoms with Crippen molar-refractivity contribution in [1.29, 1.82) is 0 Å². The van der Waals surface area contributed by atoms with Crippen molar-refractivity contribution in [3.8, 4) is 0 Å². The number of likely N-dealkylation sites (tertiary alicyclic amines) is 1. The summed E-state index contributed by atoms with van der Waals surface area (Å²) >= 11 is 0. The summed E-state index contributed by atoms with van der Waals surface area (Å²) in [5.74, 6) is -2.84. The molecule has 10 nitrogen and oxygen atoms in total. The molecule has 10 heteroatoms. The Labute approximate surface area is 177 Å². The van der Waals surface area contributed by atoms with Crippen LogP contribution in [0.5, 0.6) is 0 Å². The Morgan fingerprint density at radius 2 is 1.80 bits per heavy atom. The Hall–Kier alpha value is -2.20. The molecule has 1 rings (SSSR count). The predicted octanol–water partition coefficient (Wildman–Crippen LogP) is -0.557. The lowest BCUT2D eigenvalue weighted by Crippen LogP contribution is -2.58. The first kappa shape index (κ1) is 25.8. The predicted molar refractivity (Wildman–Crippen MR) is 110 cm³/mol. The third-order valence-corrected chi connectivity index (χ3v) is 5.47. The van der Waals surface area contributed by atoms with Crippen molar-refractivity contribution in [2.45, 2.75) is 77.5 Å². The van der Waals surface area contributed by atoms with Crippen LogP contribution in [-0.4, -0.2) is 76.1 Å². The highest BCUT2D eigenvalue weighted by Crippen LogP contribution is 2.20. The third-order valence-electron chi connectivity index (χ3n) is 5.47. The molecule has 5 atom stereocenters. The van der Waals surface area contributed by atoms with Crippen molar-refractivity contribution < 1.29 is 29.4 Å². The molecule has 0 aromatic rings. The van der Waals surface area contributed by atoms with Crippen LogP contribution in [0.4, 0.5) is 0 Å². The number of nitrogens with zero attached hydrogens (tertiary/aromatic N) is 1. The third kappa shape index (κ3) is 6.94. The van der Waals surface area contributed by atoms with Gasteiger partial charge in [-0.25, -0.2) is 4.79 Å². The van der Waals surface area contributed by atoms with Gasteiger partial charge in [0.25, 0.3) is 0 Å². The van der Waals surface area contributed by atoms with E-state index < -0.39 is 48.6 Å². The van der Waals surface area contributed by atoms with Crippen molar-refractivity contribution in [2.24, 2.45) is 17.6 Å². The molecule has 1 saturated heterocycles. The average Bonchev–Trinajstić information content (AvgIpc) is 3.17. The van der Waals surface area contributed by atoms with Gasteiger partial charge in [-0.3, -0.25) is 14.4 Å². The molecule has 1 heterocycles. The van der Waals surface area contributed by atoms with Crippen LogP contribution in [0.1, 0.15) is 53.4 Å². The number of carboxylic acids is 1. The highest BCUT2D eigenvalue weighted by Gasteiger charge is 2.38. The Balaban J connectivity index is 2.91. The second kappa shape index (κ2) is 11.8. The quantitative estimate of drug-likeness (QED) is 0.295. The van der Waals surface area contributed by atoms with E-state index in [1.807, 2.05) is 20.8 Å². The zero-order valence-electron chi connectivity index (χ0n) is 18.3. The van der Waals surface area contributed by atoms with Gasteiger partial charge >= 0.3 is 5.97 Å². The number of nitrogens with two attached hydrogens (primary N) is 1. The number of aliphatic hydroxyl groups excluding tert-OH is 1. The second-order valence-corrected chi connectivity index (χ2v) is 8.38. The molecular weight excluding hydrogens is 392 g/mol. The maximum Gasteiger partial charge on any atom is 0.328 e. The Bertz CT molecular complexity index is 626. The second-order valence-electron chi connectivity index (χ2n) is 8.38. The summed E-state index contributed by atoms with van der Waals surface area (Å²) in [5.41, 5.74) is 6.01. The van der Waals surface area contributed by atoms with Gasteiger partial charge in [0.05, 0.1) is 12.6 Å². The first-order valence-corrected chi connectivity index (χ1v) is 10.5. The van der Waals surface area contributed by atoms with E-state index in [4.69, 9.17) is 15.9 Å². The zero-order valence-corrected chi connectivity index (χ0v) is 18.3. The van der Waals surface area contributed by atoms with E-state index >= 15 is 0 Å². The van der Waals surface area contributed by atoms with Crippen LogP contribution in [0.3, 0.4) is 0 Å². The number of carbonyl (C=O) groups is 4. The van der Waals surface area contributed by atoms with Gasteiger partial charge in [0, 0.05) is 6.54 Å². The van der Waals surface area contributed by atoms with Crippen LogP contribution < -0.4 is 16.4 Å². The summed E-state index contributed by atoms with van der Waals surface area (Å²) < 4.78 is 0. The van der Waals surface area contributed by atoms with Crippen molar-refractivity contribution >= 4 is 23.7 Å². The molecule has 0 aliphatic carbocycles. The van der Waals surface area contributed by atoms with Gasteiger partial charge < -0.3 is 31.5 Å². The smallest absolute Gasteiger partial charge is 0.328 e. The number of aliphatic hydroxyl groups is 1. The summed E-state index contributed by atoms with van der Waals surface area (Å²) in [7, 11) is 0. The number of rotatable bonds is 11. The van der Waals surface area contributed by atoms with E-state index in [1.165, 1.54) is 4.90 Å². The monoisotopic (exact) mass is 428 g/mol. The zero-order chi connectivity index (χ0) is 23.0. The molecule has 3 amide bonds. The molecule has 30 heavy (non-hydrogen) atoms. The van der Waals surface area contributed by atoms with Crippen LogP contribution in [0.25, 0.3) is 0 Å². The fourth-order valence-corrected chi connectivity index (χ4v) is 3.52. The SMILES string of the molecule is CCC(C)C(NC(=O)C1CCCN1C(=O)C(N)CC(C)C)C(=O)NC(CO)C(=O)O. The lowest BCUT2D eigenvalue weighted by molar-refractivity contribution is -0.144. The summed E-state index contributed by atoms with van der Waals surface area (Å²) in [4.78, 5) is 50.8. The van der Waals surface area contributed by atoms with E-state index in [0.717, 1.165) is 0 Å². The molecule has 1 aliphatic heterocycles. The van der Waals surface area contributed by atoms with E-state index in [9.17, 15) is 19.2 Å². The Morgan fingerprint density at radius 1 is 1.17 bits per heavy atom. The van der Waals surface area contributed by atoms with E-state index in [2.05, 4.69) is 10.6 Å². The lowest BCUT2D eigenvalue weighted by Gasteiger charge is -2.30. The minimum Gasteiger partial charge on any atom is -0.480 e. The maximum atomic E-state index is 12.9. The number of carboxylic acid groups (broad SMARTS) is 1. The van der Waals surface area contributed by atoms with E-state index in [-0.39, 0.29) is 17.7 Å². The first-order chi connectivity index (χ1) is 14.0. The van der Waals surface area contributed by atoms with Crippen LogP contribution in [0.15, 0.2) is 0 Å². The summed E-state index contributed by atoms with van der Waals surface area (Å²) in [5, 5.41) is 23.1. The molecule has 0 radical (unpaired) electrons. The van der Waals surface area contributed by atoms with Crippen molar-refractivity contribution in [1.82, 2.24) is 15.5 Å². The molecule has 172 valence electrons. The fourth-order valence-electron chi connectivity index (χ4n) is 3.52. The number of hydrogen-bond donors (Lipinski definition) is 5. The highest BCUT2D eigenvalue weighted by molar-refractivity contribution is 5.94. The standard InChI is InChI=1S/C20H36N4O6/c1-5-12(4)16(18(27)22-14(10-25)20(29)30)23-17(26)15-7-6-8-24(15)19(28)13(21)9-11(2)3/h11-16,25H,5-10,21H2,1-4H3,(H,22,27)(H,23,26)(H,29,30). The number of aliphatic carboxylic acids is 1. The average molecular weight is 429 g/mol. The van der Waals surface area contributed by atoms with Gasteiger partial charge in [0.1, 0.15) is 18.1 Å². The van der Waals surface area contributed by atoms with Crippen LogP contribution in [0, 0.1) is 11.8 Å². The van der Waals surface area contributed by atoms with E-state index in [1.54, 1.807) is 6.92 Å². The first-order valence-electron chi connectivity index (χ1n) is 10.5. The molecular formula is C20H36N4O6. The summed E-state index contributed by atoms with van der Waals surface area (Å²) in [6, 6.07) is -3.85. The lowest BCUT2D eigenvalue weighted by atomic mass is 9.97. The molecule has 5 unspecified atom stereocenters. The Kier molecular flexibility index (Phi) is 10.2. The molecule has 0 spiro atoms. The minimum atomic E-state index is -1.46. The summed E-state index contributed by atoms with van der Waals surface area (Å²) in [6.07, 6.45) is 2.19. The normalized spacial score (nSPS) is 20.4. The topological polar surface area (TPSA) is 162 Å². The maximum absolute atomic E-state index is 12.9. The van der Waals surface area contributed by atoms with Gasteiger partial charge in [-0.2, -0.15) is 0 Å². The van der Waals surface area contributed by atoms with Crippen LogP contribution in [0.2, 0.25) is 0 Å². The number of hydrogen-bond acceptors (Lipinski definition) is 6. The molecule has 0 bridgehead atoms. The fraction of sp³-hybridized carbons (Fsp3) is 0.800.